The molecular weight excluding hydrogens is 300 g/mol. The zero-order chi connectivity index (χ0) is 15.5. The summed E-state index contributed by atoms with van der Waals surface area (Å²) in [5.41, 5.74) is 1.13. The van der Waals surface area contributed by atoms with Gasteiger partial charge in [0.15, 0.2) is 0 Å². The van der Waals surface area contributed by atoms with Gasteiger partial charge in [0, 0.05) is 5.69 Å². The number of nitrogens with one attached hydrogen (secondary N) is 1. The van der Waals surface area contributed by atoms with Crippen LogP contribution >= 0.6 is 11.6 Å². The van der Waals surface area contributed by atoms with Crippen LogP contribution in [0.15, 0.2) is 64.5 Å². The number of hydrogen-bond acceptors (Lipinski definition) is 4. The van der Waals surface area contributed by atoms with E-state index >= 15 is 0 Å². The third kappa shape index (κ3) is 2.84. The van der Waals surface area contributed by atoms with Crippen molar-refractivity contribution in [2.75, 3.05) is 5.32 Å². The molecule has 0 fully saturated rings. The van der Waals surface area contributed by atoms with E-state index in [0.717, 1.165) is 5.69 Å². The quantitative estimate of drug-likeness (QED) is 0.752. The summed E-state index contributed by atoms with van der Waals surface area (Å²) in [5, 5.41) is 7.90. The van der Waals surface area contributed by atoms with Gasteiger partial charge >= 0.3 is 0 Å². The molecule has 3 aromatic rings. The van der Waals surface area contributed by atoms with Crippen molar-refractivity contribution in [1.82, 2.24) is 9.66 Å². The molecule has 0 saturated heterocycles. The van der Waals surface area contributed by atoms with Gasteiger partial charge in [0.25, 0.3) is 5.56 Å². The van der Waals surface area contributed by atoms with Crippen molar-refractivity contribution < 1.29 is 0 Å². The van der Waals surface area contributed by atoms with E-state index in [1.165, 1.54) is 4.68 Å². The van der Waals surface area contributed by atoms with Gasteiger partial charge in [0.1, 0.15) is 5.17 Å². The number of nitrogens with zero attached hydrogens (tertiary/aromatic N) is 3. The van der Waals surface area contributed by atoms with Crippen LogP contribution in [0.3, 0.4) is 0 Å². The van der Waals surface area contributed by atoms with E-state index < -0.39 is 0 Å². The molecular formula is C16H13ClN4O. The second-order valence-electron chi connectivity index (χ2n) is 4.66. The van der Waals surface area contributed by atoms with Crippen molar-refractivity contribution in [3.63, 3.8) is 0 Å². The van der Waals surface area contributed by atoms with Gasteiger partial charge < -0.3 is 5.32 Å². The predicted molar refractivity (Wildman–Crippen MR) is 90.1 cm³/mol. The van der Waals surface area contributed by atoms with Crippen LogP contribution in [0.1, 0.15) is 6.92 Å². The summed E-state index contributed by atoms with van der Waals surface area (Å²) >= 11 is 5.85. The largest absolute Gasteiger partial charge is 0.324 e. The molecule has 0 radical (unpaired) electrons. The fourth-order valence-electron chi connectivity index (χ4n) is 2.09. The Morgan fingerprint density at radius 2 is 1.82 bits per heavy atom. The Morgan fingerprint density at radius 3 is 2.55 bits per heavy atom. The minimum absolute atomic E-state index is 0.246. The van der Waals surface area contributed by atoms with Crippen molar-refractivity contribution in [3.05, 3.63) is 65.0 Å². The van der Waals surface area contributed by atoms with Crippen LogP contribution in [0.2, 0.25) is 0 Å². The van der Waals surface area contributed by atoms with Gasteiger partial charge in [-0.15, -0.1) is 0 Å². The van der Waals surface area contributed by atoms with Crippen molar-refractivity contribution in [1.29, 1.82) is 0 Å². The summed E-state index contributed by atoms with van der Waals surface area (Å²) in [6.07, 6.45) is 0. The van der Waals surface area contributed by atoms with E-state index in [1.807, 2.05) is 36.4 Å². The lowest BCUT2D eigenvalue weighted by Gasteiger charge is -2.11. The SMILES string of the molecule is C/C(Cl)=N/n1c(Nc2ccccc2)nc2ccccc2c1=O. The first-order chi connectivity index (χ1) is 10.6. The second kappa shape index (κ2) is 5.99. The maximum Gasteiger partial charge on any atom is 0.283 e. The number of fused-ring (bicyclic) bond motifs is 1. The molecule has 0 atom stereocenters. The lowest BCUT2D eigenvalue weighted by molar-refractivity contribution is 0.827. The first-order valence-electron chi connectivity index (χ1n) is 6.70. The predicted octanol–water partition coefficient (Wildman–Crippen LogP) is 3.56. The highest BCUT2D eigenvalue weighted by Crippen LogP contribution is 2.16. The maximum absolute atomic E-state index is 12.6. The van der Waals surface area contributed by atoms with Gasteiger partial charge in [0.05, 0.1) is 10.9 Å². The number of benzene rings is 2. The Balaban J connectivity index is 2.23. The molecule has 22 heavy (non-hydrogen) atoms. The van der Waals surface area contributed by atoms with Crippen molar-refractivity contribution >= 4 is 39.3 Å². The fraction of sp³-hybridized carbons (Fsp3) is 0.0625. The Bertz CT molecular complexity index is 899. The van der Waals surface area contributed by atoms with Gasteiger partial charge in [-0.3, -0.25) is 4.79 Å². The van der Waals surface area contributed by atoms with Crippen molar-refractivity contribution in [3.8, 4) is 0 Å². The molecule has 0 aliphatic carbocycles. The summed E-state index contributed by atoms with van der Waals surface area (Å²) in [4.78, 5) is 17.1. The molecule has 5 nitrogen and oxygen atoms in total. The van der Waals surface area contributed by atoms with Crippen LogP contribution in [0.25, 0.3) is 10.9 Å². The highest BCUT2D eigenvalue weighted by Gasteiger charge is 2.10. The molecule has 0 aliphatic rings. The lowest BCUT2D eigenvalue weighted by atomic mass is 10.2. The molecule has 0 spiro atoms. The standard InChI is InChI=1S/C16H13ClN4O/c1-11(17)20-21-15(22)13-9-5-6-10-14(13)19-16(21)18-12-7-3-2-4-8-12/h2-10H,1H3,(H,18,19)/b20-11-. The normalized spacial score (nSPS) is 11.6. The van der Waals surface area contributed by atoms with Gasteiger partial charge in [-0.2, -0.15) is 9.78 Å². The Hall–Kier alpha value is -2.66. The van der Waals surface area contributed by atoms with Crippen molar-refractivity contribution in [2.24, 2.45) is 5.10 Å². The van der Waals surface area contributed by atoms with E-state index in [0.29, 0.717) is 16.9 Å². The molecule has 2 aromatic carbocycles. The molecule has 1 N–H and O–H groups in total. The smallest absolute Gasteiger partial charge is 0.283 e. The number of para-hydroxylation sites is 2. The zero-order valence-electron chi connectivity index (χ0n) is 11.8. The molecule has 6 heteroatoms. The van der Waals surface area contributed by atoms with Gasteiger partial charge in [-0.25, -0.2) is 4.98 Å². The highest BCUT2D eigenvalue weighted by atomic mass is 35.5. The minimum Gasteiger partial charge on any atom is -0.324 e. The second-order valence-corrected chi connectivity index (χ2v) is 5.20. The summed E-state index contributed by atoms with van der Waals surface area (Å²) in [7, 11) is 0. The number of hydrogen-bond donors (Lipinski definition) is 1. The lowest BCUT2D eigenvalue weighted by Crippen LogP contribution is -2.21. The topological polar surface area (TPSA) is 59.3 Å². The summed E-state index contributed by atoms with van der Waals surface area (Å²) in [6.45, 7) is 1.61. The number of aromatic nitrogens is 2. The van der Waals surface area contributed by atoms with Gasteiger partial charge in [-0.1, -0.05) is 41.9 Å². The Morgan fingerprint density at radius 1 is 1.14 bits per heavy atom. The minimum atomic E-state index is -0.274. The van der Waals surface area contributed by atoms with E-state index in [2.05, 4.69) is 15.4 Å². The first kappa shape index (κ1) is 14.3. The molecule has 1 heterocycles. The fourth-order valence-corrected chi connectivity index (χ4v) is 2.16. The van der Waals surface area contributed by atoms with Crippen molar-refractivity contribution in [2.45, 2.75) is 6.92 Å². The van der Waals surface area contributed by atoms with Crippen LogP contribution in [0.5, 0.6) is 0 Å². The average molecular weight is 313 g/mol. The molecule has 0 bridgehead atoms. The summed E-state index contributed by atoms with van der Waals surface area (Å²) < 4.78 is 1.18. The molecule has 0 saturated carbocycles. The molecule has 110 valence electrons. The van der Waals surface area contributed by atoms with Crippen LogP contribution in [-0.4, -0.2) is 14.8 Å². The Kier molecular flexibility index (Phi) is 3.89. The number of rotatable bonds is 3. The zero-order valence-corrected chi connectivity index (χ0v) is 12.6. The van der Waals surface area contributed by atoms with Gasteiger partial charge in [0.2, 0.25) is 5.95 Å². The molecule has 0 unspecified atom stereocenters. The number of halogens is 1. The summed E-state index contributed by atoms with van der Waals surface area (Å²) in [6, 6.07) is 16.6. The van der Waals surface area contributed by atoms with E-state index in [1.54, 1.807) is 25.1 Å². The molecule has 0 aliphatic heterocycles. The molecule has 0 amide bonds. The van der Waals surface area contributed by atoms with Crippen LogP contribution < -0.4 is 10.9 Å². The Labute approximate surface area is 131 Å². The van der Waals surface area contributed by atoms with E-state index in [4.69, 9.17) is 11.6 Å². The maximum atomic E-state index is 12.6. The van der Waals surface area contributed by atoms with E-state index in [9.17, 15) is 4.79 Å². The number of anilines is 2. The van der Waals surface area contributed by atoms with Gasteiger partial charge in [-0.05, 0) is 31.2 Å². The highest BCUT2D eigenvalue weighted by molar-refractivity contribution is 6.64. The average Bonchev–Trinajstić information content (AvgIpc) is 2.52. The monoisotopic (exact) mass is 312 g/mol. The molecule has 1 aromatic heterocycles. The third-order valence-corrected chi connectivity index (χ3v) is 3.10. The first-order valence-corrected chi connectivity index (χ1v) is 7.08. The van der Waals surface area contributed by atoms with Crippen LogP contribution in [0, 0.1) is 0 Å². The third-order valence-electron chi connectivity index (χ3n) is 3.02. The van der Waals surface area contributed by atoms with Crippen LogP contribution in [-0.2, 0) is 0 Å². The van der Waals surface area contributed by atoms with E-state index in [-0.39, 0.29) is 10.7 Å². The summed E-state index contributed by atoms with van der Waals surface area (Å²) in [5.74, 6) is 0.315. The molecule has 3 rings (SSSR count). The van der Waals surface area contributed by atoms with Crippen LogP contribution in [0.4, 0.5) is 11.6 Å².